The summed E-state index contributed by atoms with van der Waals surface area (Å²) in [7, 11) is 1.57. The van der Waals surface area contributed by atoms with Crippen molar-refractivity contribution in [2.45, 2.75) is 39.5 Å². The average Bonchev–Trinajstić information content (AvgIpc) is 2.59. The topological polar surface area (TPSA) is 66.8 Å². The van der Waals surface area contributed by atoms with Crippen molar-refractivity contribution >= 4 is 5.78 Å². The Kier molecular flexibility index (Phi) is 6.45. The molecule has 0 atom stereocenters. The van der Waals surface area contributed by atoms with E-state index in [1.165, 1.54) is 0 Å². The zero-order chi connectivity index (χ0) is 18.4. The van der Waals surface area contributed by atoms with Crippen LogP contribution in [0.5, 0.6) is 17.2 Å². The third-order valence-electron chi connectivity index (χ3n) is 4.31. The van der Waals surface area contributed by atoms with Gasteiger partial charge >= 0.3 is 0 Å². The van der Waals surface area contributed by atoms with Crippen molar-refractivity contribution in [2.24, 2.45) is 5.92 Å². The molecule has 2 aromatic carbocycles. The first kappa shape index (κ1) is 18.8. The molecule has 0 fully saturated rings. The van der Waals surface area contributed by atoms with Crippen LogP contribution in [-0.4, -0.2) is 23.1 Å². The lowest BCUT2D eigenvalue weighted by molar-refractivity contribution is 0.0980. The van der Waals surface area contributed by atoms with E-state index in [2.05, 4.69) is 13.8 Å². The van der Waals surface area contributed by atoms with E-state index in [1.807, 2.05) is 0 Å². The first-order chi connectivity index (χ1) is 11.9. The SMILES string of the molecule is COc1ccc(C(=O)CCc2ccc(O)cc2)c(O)c1CCC(C)C. The molecule has 2 rings (SSSR count). The second-order valence-corrected chi connectivity index (χ2v) is 6.66. The lowest BCUT2D eigenvalue weighted by Crippen LogP contribution is -2.05. The minimum absolute atomic E-state index is 0.0377. The van der Waals surface area contributed by atoms with Crippen LogP contribution in [0.2, 0.25) is 0 Å². The zero-order valence-electron chi connectivity index (χ0n) is 15.1. The number of aryl methyl sites for hydroxylation is 1. The Morgan fingerprint density at radius 2 is 1.72 bits per heavy atom. The first-order valence-electron chi connectivity index (χ1n) is 8.62. The highest BCUT2D eigenvalue weighted by Gasteiger charge is 2.18. The lowest BCUT2D eigenvalue weighted by atomic mass is 9.95. The van der Waals surface area contributed by atoms with Gasteiger partial charge in [-0.05, 0) is 55.0 Å². The van der Waals surface area contributed by atoms with E-state index in [4.69, 9.17) is 4.74 Å². The van der Waals surface area contributed by atoms with E-state index in [0.717, 1.165) is 12.0 Å². The van der Waals surface area contributed by atoms with Crippen LogP contribution in [0.4, 0.5) is 0 Å². The van der Waals surface area contributed by atoms with Gasteiger partial charge in [0, 0.05) is 12.0 Å². The first-order valence-corrected chi connectivity index (χ1v) is 8.62. The van der Waals surface area contributed by atoms with E-state index in [0.29, 0.717) is 42.1 Å². The van der Waals surface area contributed by atoms with Crippen LogP contribution in [0.25, 0.3) is 0 Å². The summed E-state index contributed by atoms with van der Waals surface area (Å²) in [5, 5.41) is 19.9. The molecular formula is C21H26O4. The number of Topliss-reactive ketones (excluding diaryl/α,β-unsaturated/α-hetero) is 1. The number of phenolic OH excluding ortho intramolecular Hbond substituents is 2. The summed E-state index contributed by atoms with van der Waals surface area (Å²) in [6, 6.07) is 10.2. The summed E-state index contributed by atoms with van der Waals surface area (Å²) >= 11 is 0. The Labute approximate surface area is 149 Å². The van der Waals surface area contributed by atoms with Gasteiger partial charge in [0.25, 0.3) is 0 Å². The minimum atomic E-state index is -0.0981. The molecule has 4 nitrogen and oxygen atoms in total. The third-order valence-corrected chi connectivity index (χ3v) is 4.31. The molecule has 2 aromatic rings. The van der Waals surface area contributed by atoms with Gasteiger partial charge in [0.1, 0.15) is 17.2 Å². The maximum absolute atomic E-state index is 12.5. The number of rotatable bonds is 8. The van der Waals surface area contributed by atoms with E-state index in [9.17, 15) is 15.0 Å². The van der Waals surface area contributed by atoms with Crippen molar-refractivity contribution in [1.29, 1.82) is 0 Å². The fourth-order valence-electron chi connectivity index (χ4n) is 2.76. The number of ether oxygens (including phenoxy) is 1. The molecule has 0 aliphatic rings. The van der Waals surface area contributed by atoms with Crippen molar-refractivity contribution < 1.29 is 19.7 Å². The smallest absolute Gasteiger partial charge is 0.166 e. The van der Waals surface area contributed by atoms with Gasteiger partial charge in [-0.3, -0.25) is 4.79 Å². The molecule has 0 bridgehead atoms. The van der Waals surface area contributed by atoms with E-state index in [-0.39, 0.29) is 17.3 Å². The van der Waals surface area contributed by atoms with Crippen LogP contribution in [0, 0.1) is 5.92 Å². The summed E-state index contributed by atoms with van der Waals surface area (Å²) < 4.78 is 5.34. The fraction of sp³-hybridized carbons (Fsp3) is 0.381. The summed E-state index contributed by atoms with van der Waals surface area (Å²) in [5.41, 5.74) is 2.02. The molecule has 0 spiro atoms. The monoisotopic (exact) mass is 342 g/mol. The number of carbonyl (C=O) groups is 1. The standard InChI is InChI=1S/C21H26O4/c1-14(2)4-10-18-20(25-3)13-11-17(21(18)24)19(23)12-7-15-5-8-16(22)9-6-15/h5-6,8-9,11,13-14,22,24H,4,7,10,12H2,1-3H3. The lowest BCUT2D eigenvalue weighted by Gasteiger charge is -2.14. The number of carbonyl (C=O) groups excluding carboxylic acids is 1. The van der Waals surface area contributed by atoms with Gasteiger partial charge in [-0.2, -0.15) is 0 Å². The highest BCUT2D eigenvalue weighted by Crippen LogP contribution is 2.34. The van der Waals surface area contributed by atoms with E-state index in [1.54, 1.807) is 43.5 Å². The van der Waals surface area contributed by atoms with Crippen molar-refractivity contribution in [3.63, 3.8) is 0 Å². The average molecular weight is 342 g/mol. The molecular weight excluding hydrogens is 316 g/mol. The molecule has 2 N–H and O–H groups in total. The molecule has 25 heavy (non-hydrogen) atoms. The molecule has 0 aliphatic carbocycles. The van der Waals surface area contributed by atoms with Crippen LogP contribution in [0.15, 0.2) is 36.4 Å². The van der Waals surface area contributed by atoms with Crippen molar-refractivity contribution in [3.8, 4) is 17.2 Å². The summed E-state index contributed by atoms with van der Waals surface area (Å²) in [4.78, 5) is 12.5. The normalized spacial score (nSPS) is 10.9. The van der Waals surface area contributed by atoms with E-state index >= 15 is 0 Å². The molecule has 4 heteroatoms. The molecule has 0 saturated heterocycles. The van der Waals surface area contributed by atoms with Gasteiger partial charge in [0.05, 0.1) is 12.7 Å². The number of hydrogen-bond donors (Lipinski definition) is 2. The second kappa shape index (κ2) is 8.56. The van der Waals surface area contributed by atoms with Gasteiger partial charge in [-0.15, -0.1) is 0 Å². The molecule has 0 radical (unpaired) electrons. The molecule has 0 aliphatic heterocycles. The Balaban J connectivity index is 2.15. The maximum atomic E-state index is 12.5. The number of aromatic hydroxyl groups is 2. The molecule has 0 aromatic heterocycles. The Bertz CT molecular complexity index is 717. The van der Waals surface area contributed by atoms with E-state index < -0.39 is 0 Å². The molecule has 0 heterocycles. The van der Waals surface area contributed by atoms with Crippen LogP contribution in [0.1, 0.15) is 48.2 Å². The molecule has 0 unspecified atom stereocenters. The summed E-state index contributed by atoms with van der Waals surface area (Å²) in [6.07, 6.45) is 2.45. The van der Waals surface area contributed by atoms with Crippen LogP contribution in [-0.2, 0) is 12.8 Å². The summed E-state index contributed by atoms with van der Waals surface area (Å²) in [5.74, 6) is 1.26. The highest BCUT2D eigenvalue weighted by atomic mass is 16.5. The van der Waals surface area contributed by atoms with Gasteiger partial charge in [-0.25, -0.2) is 0 Å². The van der Waals surface area contributed by atoms with Crippen molar-refractivity contribution in [3.05, 3.63) is 53.1 Å². The maximum Gasteiger partial charge on any atom is 0.166 e. The zero-order valence-corrected chi connectivity index (χ0v) is 15.1. The van der Waals surface area contributed by atoms with Crippen molar-refractivity contribution in [2.75, 3.05) is 7.11 Å². The quantitative estimate of drug-likeness (QED) is 0.693. The number of hydrogen-bond acceptors (Lipinski definition) is 4. The van der Waals surface area contributed by atoms with Crippen LogP contribution in [0.3, 0.4) is 0 Å². The van der Waals surface area contributed by atoms with Gasteiger partial charge in [0.15, 0.2) is 5.78 Å². The minimum Gasteiger partial charge on any atom is -0.508 e. The molecule has 0 amide bonds. The van der Waals surface area contributed by atoms with Crippen LogP contribution >= 0.6 is 0 Å². The van der Waals surface area contributed by atoms with Crippen LogP contribution < -0.4 is 4.74 Å². The third kappa shape index (κ3) is 4.99. The summed E-state index contributed by atoms with van der Waals surface area (Å²) in [6.45, 7) is 4.24. The Morgan fingerprint density at radius 3 is 2.32 bits per heavy atom. The Morgan fingerprint density at radius 1 is 1.04 bits per heavy atom. The number of ketones is 1. The predicted molar refractivity (Wildman–Crippen MR) is 98.6 cm³/mol. The number of methoxy groups -OCH3 is 1. The number of benzene rings is 2. The van der Waals surface area contributed by atoms with Gasteiger partial charge < -0.3 is 14.9 Å². The Hall–Kier alpha value is -2.49. The molecule has 134 valence electrons. The fourth-order valence-corrected chi connectivity index (χ4v) is 2.76. The molecule has 0 saturated carbocycles. The van der Waals surface area contributed by atoms with Crippen molar-refractivity contribution in [1.82, 2.24) is 0 Å². The number of phenols is 2. The van der Waals surface area contributed by atoms with Gasteiger partial charge in [-0.1, -0.05) is 26.0 Å². The highest BCUT2D eigenvalue weighted by molar-refractivity contribution is 5.99. The second-order valence-electron chi connectivity index (χ2n) is 6.66. The predicted octanol–water partition coefficient (Wildman–Crippen LogP) is 4.51. The largest absolute Gasteiger partial charge is 0.508 e. The van der Waals surface area contributed by atoms with Gasteiger partial charge in [0.2, 0.25) is 0 Å².